The van der Waals surface area contributed by atoms with E-state index in [1.165, 1.54) is 0 Å². The summed E-state index contributed by atoms with van der Waals surface area (Å²) in [5, 5.41) is 27.0. The van der Waals surface area contributed by atoms with Crippen molar-refractivity contribution in [3.8, 4) is 22.5 Å². The Bertz CT molecular complexity index is 1600. The minimum absolute atomic E-state index is 0.00236. The van der Waals surface area contributed by atoms with E-state index in [2.05, 4.69) is 51.5 Å². The lowest BCUT2D eigenvalue weighted by molar-refractivity contribution is 0.776. The molecular formula is C28H25N7. The first-order valence-corrected chi connectivity index (χ1v) is 11.4. The monoisotopic (exact) mass is 459 g/mol. The number of benzene rings is 4. The van der Waals surface area contributed by atoms with Crippen LogP contribution in [-0.2, 0) is 6.54 Å². The Kier molecular flexibility index (Phi) is 5.81. The molecule has 1 aliphatic heterocycles. The first-order chi connectivity index (χ1) is 17.0. The maximum Gasteiger partial charge on any atom is 0.122 e. The van der Waals surface area contributed by atoms with E-state index in [4.69, 9.17) is 16.6 Å². The number of pyridine rings is 1. The van der Waals surface area contributed by atoms with Crippen molar-refractivity contribution in [3.63, 3.8) is 0 Å². The van der Waals surface area contributed by atoms with Crippen LogP contribution in [0.4, 0.5) is 11.4 Å². The summed E-state index contributed by atoms with van der Waals surface area (Å²) in [5.41, 5.74) is 14.9. The average molecular weight is 460 g/mol. The molecule has 172 valence electrons. The summed E-state index contributed by atoms with van der Waals surface area (Å²) in [6, 6.07) is 29.3. The summed E-state index contributed by atoms with van der Waals surface area (Å²) >= 11 is 0. The van der Waals surface area contributed by atoms with Crippen LogP contribution in [0.2, 0.25) is 0 Å². The Balaban J connectivity index is 1.64. The Morgan fingerprint density at radius 1 is 0.914 bits per heavy atom. The number of hydrogen-bond donors (Lipinski definition) is 4. The number of aromatic nitrogens is 1. The zero-order chi connectivity index (χ0) is 24.4. The molecule has 1 aliphatic carbocycles. The van der Waals surface area contributed by atoms with E-state index < -0.39 is 0 Å². The van der Waals surface area contributed by atoms with Crippen LogP contribution in [0, 0.1) is 10.8 Å². The molecule has 7 nitrogen and oxygen atoms in total. The number of nitrogen functional groups attached to an aromatic ring is 1. The highest BCUT2D eigenvalue weighted by atomic mass is 15.4. The molecule has 0 fully saturated rings. The zero-order valence-corrected chi connectivity index (χ0v) is 19.3. The number of rotatable bonds is 6. The molecule has 0 radical (unpaired) electrons. The molecule has 35 heavy (non-hydrogen) atoms. The third-order valence-electron chi connectivity index (χ3n) is 5.99. The van der Waals surface area contributed by atoms with Gasteiger partial charge in [-0.1, -0.05) is 59.8 Å². The highest BCUT2D eigenvalue weighted by Crippen LogP contribution is 2.39. The minimum atomic E-state index is 0.00236. The average Bonchev–Trinajstić information content (AvgIpc) is 2.88. The summed E-state index contributed by atoms with van der Waals surface area (Å²) < 4.78 is 2.26. The van der Waals surface area contributed by atoms with Gasteiger partial charge in [0.25, 0.3) is 0 Å². The van der Waals surface area contributed by atoms with E-state index in [1.54, 1.807) is 12.1 Å². The summed E-state index contributed by atoms with van der Waals surface area (Å²) in [5.74, 6) is 0.00236. The largest absolute Gasteiger partial charge is 0.384 e. The van der Waals surface area contributed by atoms with Crippen LogP contribution in [0.5, 0.6) is 0 Å². The second-order valence-electron chi connectivity index (χ2n) is 8.23. The minimum Gasteiger partial charge on any atom is -0.384 e. The molecule has 0 atom stereocenters. The summed E-state index contributed by atoms with van der Waals surface area (Å²) in [4.78, 5) is 0. The topological polar surface area (TPSA) is 115 Å². The van der Waals surface area contributed by atoms with E-state index in [9.17, 15) is 0 Å². The Morgan fingerprint density at radius 3 is 2.51 bits per heavy atom. The smallest absolute Gasteiger partial charge is 0.122 e. The highest BCUT2D eigenvalue weighted by Gasteiger charge is 2.18. The van der Waals surface area contributed by atoms with Gasteiger partial charge in [-0.25, -0.2) is 0 Å². The van der Waals surface area contributed by atoms with E-state index in [-0.39, 0.29) is 5.84 Å². The number of amidine groups is 1. The van der Waals surface area contributed by atoms with Gasteiger partial charge >= 0.3 is 0 Å². The van der Waals surface area contributed by atoms with Gasteiger partial charge in [0, 0.05) is 23.1 Å². The van der Waals surface area contributed by atoms with Gasteiger partial charge in [0.05, 0.1) is 28.1 Å². The van der Waals surface area contributed by atoms with Crippen LogP contribution in [0.3, 0.4) is 0 Å². The maximum atomic E-state index is 8.18. The van der Waals surface area contributed by atoms with Crippen molar-refractivity contribution in [1.29, 1.82) is 10.8 Å². The van der Waals surface area contributed by atoms with Gasteiger partial charge in [-0.2, -0.15) is 0 Å². The van der Waals surface area contributed by atoms with Gasteiger partial charge in [0.15, 0.2) is 0 Å². The molecule has 3 aromatic rings. The first kappa shape index (κ1) is 22.0. The lowest BCUT2D eigenvalue weighted by atomic mass is 9.95. The molecule has 5 N–H and O–H groups in total. The van der Waals surface area contributed by atoms with Crippen LogP contribution in [-0.4, -0.2) is 10.4 Å². The van der Waals surface area contributed by atoms with Crippen molar-refractivity contribution >= 4 is 28.0 Å². The first-order valence-electron chi connectivity index (χ1n) is 11.4. The van der Waals surface area contributed by atoms with Gasteiger partial charge in [-0.05, 0) is 54.3 Å². The number of anilines is 1. The molecule has 0 aromatic heterocycles. The number of nitrogens with two attached hydrogens (primary N) is 1. The third kappa shape index (κ3) is 4.27. The summed E-state index contributed by atoms with van der Waals surface area (Å²) in [7, 11) is 0. The van der Waals surface area contributed by atoms with Crippen molar-refractivity contribution in [1.82, 2.24) is 4.57 Å². The fraction of sp³-hybridized carbons (Fsp3) is 0.0714. The standard InChI is InChI=1S/C28H25N7/c1-2-35-26-16-20(29)11-13-24(26)23-14-12-22(17-25(23)27(35)18-7-4-3-5-8-18)33-34-32-21-10-6-9-19(15-21)28(30)31/h3-17,29H,2H2,1H3,(H3,30,31)(H,32,33). The van der Waals surface area contributed by atoms with Crippen molar-refractivity contribution in [2.45, 2.75) is 13.5 Å². The molecule has 0 unspecified atom stereocenters. The number of fused-ring (bicyclic) bond motifs is 3. The Morgan fingerprint density at radius 2 is 1.74 bits per heavy atom. The van der Waals surface area contributed by atoms with Gasteiger partial charge in [-0.15, -0.1) is 5.11 Å². The van der Waals surface area contributed by atoms with Gasteiger partial charge in [-0.3, -0.25) is 10.8 Å². The second-order valence-corrected chi connectivity index (χ2v) is 8.23. The molecule has 2 aliphatic rings. The van der Waals surface area contributed by atoms with Crippen molar-refractivity contribution in [2.24, 2.45) is 16.1 Å². The lowest BCUT2D eigenvalue weighted by Crippen LogP contribution is -2.11. The predicted octanol–water partition coefficient (Wildman–Crippen LogP) is 6.31. The third-order valence-corrected chi connectivity index (χ3v) is 5.99. The number of nitrogens with one attached hydrogen (secondary N) is 3. The SMILES string of the molecule is CCn1c2cc(=N)ccc-2c2ccc(N=NNc3cccc(C(=N)N)c3)cc2c1-c1ccccc1. The molecule has 0 saturated heterocycles. The van der Waals surface area contributed by atoms with E-state index >= 15 is 0 Å². The van der Waals surface area contributed by atoms with Gasteiger partial charge in [0.1, 0.15) is 5.84 Å². The van der Waals surface area contributed by atoms with Crippen molar-refractivity contribution < 1.29 is 0 Å². The molecule has 0 saturated carbocycles. The number of nitrogens with zero attached hydrogens (tertiary/aromatic N) is 3. The van der Waals surface area contributed by atoms with Crippen LogP contribution in [0.15, 0.2) is 101 Å². The van der Waals surface area contributed by atoms with Crippen molar-refractivity contribution in [2.75, 3.05) is 5.43 Å². The molecular weight excluding hydrogens is 434 g/mol. The van der Waals surface area contributed by atoms with Crippen molar-refractivity contribution in [3.05, 3.63) is 102 Å². The normalized spacial score (nSPS) is 11.3. The van der Waals surface area contributed by atoms with Crippen LogP contribution >= 0.6 is 0 Å². The molecule has 5 rings (SSSR count). The van der Waals surface area contributed by atoms with Gasteiger partial charge < -0.3 is 15.7 Å². The fourth-order valence-electron chi connectivity index (χ4n) is 4.41. The molecule has 7 heteroatoms. The second kappa shape index (κ2) is 9.23. The number of hydrogen-bond acceptors (Lipinski definition) is 4. The predicted molar refractivity (Wildman–Crippen MR) is 141 cm³/mol. The van der Waals surface area contributed by atoms with E-state index in [0.29, 0.717) is 22.3 Å². The van der Waals surface area contributed by atoms with Gasteiger partial charge in [0.2, 0.25) is 0 Å². The quantitative estimate of drug-likeness (QED) is 0.0783. The lowest BCUT2D eigenvalue weighted by Gasteiger charge is -2.23. The van der Waals surface area contributed by atoms with E-state index in [1.807, 2.05) is 54.6 Å². The summed E-state index contributed by atoms with van der Waals surface area (Å²) in [6.45, 7) is 2.89. The molecule has 3 aromatic carbocycles. The van der Waals surface area contributed by atoms with Crippen LogP contribution in [0.25, 0.3) is 33.3 Å². The molecule has 1 heterocycles. The molecule has 0 amide bonds. The maximum absolute atomic E-state index is 8.18. The fourth-order valence-corrected chi connectivity index (χ4v) is 4.41. The molecule has 0 bridgehead atoms. The summed E-state index contributed by atoms with van der Waals surface area (Å²) in [6.07, 6.45) is 0. The Labute approximate surface area is 202 Å². The van der Waals surface area contributed by atoms with Crippen LogP contribution in [0.1, 0.15) is 12.5 Å². The Hall–Kier alpha value is -4.78. The van der Waals surface area contributed by atoms with E-state index in [0.717, 1.165) is 39.8 Å². The highest BCUT2D eigenvalue weighted by molar-refractivity contribution is 6.05. The van der Waals surface area contributed by atoms with Crippen LogP contribution < -0.4 is 16.5 Å². The zero-order valence-electron chi connectivity index (χ0n) is 19.3. The molecule has 0 spiro atoms.